The van der Waals surface area contributed by atoms with Gasteiger partial charge in [-0.15, -0.1) is 0 Å². The molecule has 3 N–H and O–H groups in total. The Morgan fingerprint density at radius 3 is 3.00 bits per heavy atom. The third kappa shape index (κ3) is 2.50. The van der Waals surface area contributed by atoms with E-state index in [9.17, 15) is 4.79 Å². The second kappa shape index (κ2) is 3.72. The van der Waals surface area contributed by atoms with E-state index in [1.807, 2.05) is 12.1 Å². The van der Waals surface area contributed by atoms with E-state index in [-0.39, 0.29) is 0 Å². The third-order valence-electron chi connectivity index (χ3n) is 1.32. The molecule has 11 heavy (non-hydrogen) atoms. The molecule has 0 aliphatic heterocycles. The summed E-state index contributed by atoms with van der Waals surface area (Å²) in [7, 11) is 0. The summed E-state index contributed by atoms with van der Waals surface area (Å²) in [6.07, 6.45) is 0.488. The van der Waals surface area contributed by atoms with Gasteiger partial charge in [-0.1, -0.05) is 0 Å². The van der Waals surface area contributed by atoms with Gasteiger partial charge in [0.2, 0.25) is 0 Å². The average molecular weight is 218 g/mol. The Labute approximate surface area is 70.6 Å². The topological polar surface area (TPSA) is 63.3 Å². The number of hydrogen-bond donors (Lipinski definition) is 2. The number of carbonyl (C=O) groups is 1. The molecule has 1 atom stereocenters. The molecular formula is C7H9NO2Se. The first-order chi connectivity index (χ1) is 5.20. The SMILES string of the molecule is N[C@@H](Cc1ccc[se]1)C(=O)O. The number of aliphatic carboxylic acids is 1. The van der Waals surface area contributed by atoms with Crippen LogP contribution in [0.2, 0.25) is 0 Å². The standard InChI is InChI=1S/C7H9NO2Se/c8-6(7(9)10)4-5-2-1-3-11-5/h1-3,6H,4,8H2,(H,9,10)/t6-/m0/s1. The van der Waals surface area contributed by atoms with Gasteiger partial charge in [-0.2, -0.15) is 0 Å². The molecule has 1 aromatic heterocycles. The molecule has 1 rings (SSSR count). The quantitative estimate of drug-likeness (QED) is 0.684. The average Bonchev–Trinajstić information content (AvgIpc) is 2.39. The number of rotatable bonds is 3. The van der Waals surface area contributed by atoms with Crippen LogP contribution in [0, 0.1) is 0 Å². The van der Waals surface area contributed by atoms with Crippen molar-refractivity contribution in [2.75, 3.05) is 0 Å². The van der Waals surface area contributed by atoms with Crippen molar-refractivity contribution < 1.29 is 9.90 Å². The Morgan fingerprint density at radius 1 is 1.82 bits per heavy atom. The van der Waals surface area contributed by atoms with Crippen LogP contribution in [-0.2, 0) is 11.2 Å². The van der Waals surface area contributed by atoms with Crippen molar-refractivity contribution in [3.05, 3.63) is 21.5 Å². The molecule has 4 heteroatoms. The van der Waals surface area contributed by atoms with Crippen LogP contribution >= 0.6 is 0 Å². The van der Waals surface area contributed by atoms with E-state index in [1.165, 1.54) is 0 Å². The van der Waals surface area contributed by atoms with Crippen LogP contribution in [0.3, 0.4) is 0 Å². The van der Waals surface area contributed by atoms with Crippen molar-refractivity contribution in [3.8, 4) is 0 Å². The summed E-state index contributed by atoms with van der Waals surface area (Å²) < 4.78 is 1.16. The number of nitrogens with two attached hydrogens (primary N) is 1. The number of hydrogen-bond acceptors (Lipinski definition) is 2. The third-order valence-corrected chi connectivity index (χ3v) is 3.20. The fourth-order valence-electron chi connectivity index (χ4n) is 0.733. The molecule has 0 radical (unpaired) electrons. The summed E-state index contributed by atoms with van der Waals surface area (Å²) in [6, 6.07) is 3.16. The molecular weight excluding hydrogens is 209 g/mol. The fourth-order valence-corrected chi connectivity index (χ4v) is 2.34. The number of carboxylic acid groups (broad SMARTS) is 1. The zero-order valence-corrected chi connectivity index (χ0v) is 7.57. The monoisotopic (exact) mass is 219 g/mol. The van der Waals surface area contributed by atoms with Gasteiger partial charge in [-0.3, -0.25) is 0 Å². The second-order valence-corrected chi connectivity index (χ2v) is 4.39. The number of carboxylic acids is 1. The van der Waals surface area contributed by atoms with E-state index in [2.05, 4.69) is 4.94 Å². The Bertz CT molecular complexity index is 233. The summed E-state index contributed by atoms with van der Waals surface area (Å²) in [5.74, 6) is -0.923. The van der Waals surface area contributed by atoms with Crippen LogP contribution in [-0.4, -0.2) is 31.6 Å². The molecule has 0 bridgehead atoms. The van der Waals surface area contributed by atoms with Crippen LogP contribution in [0.25, 0.3) is 0 Å². The Kier molecular flexibility index (Phi) is 2.88. The molecule has 1 aromatic rings. The van der Waals surface area contributed by atoms with Gasteiger partial charge >= 0.3 is 70.1 Å². The van der Waals surface area contributed by atoms with Gasteiger partial charge in [-0.05, 0) is 0 Å². The van der Waals surface area contributed by atoms with Crippen molar-refractivity contribution >= 4 is 20.5 Å². The molecule has 0 aromatic carbocycles. The predicted octanol–water partition coefficient (Wildman–Crippen LogP) is -0.302. The van der Waals surface area contributed by atoms with Gasteiger partial charge in [0.25, 0.3) is 0 Å². The normalized spacial score (nSPS) is 12.8. The summed E-state index contributed by atoms with van der Waals surface area (Å²) in [5, 5.41) is 8.48. The van der Waals surface area contributed by atoms with Gasteiger partial charge in [-0.25, -0.2) is 0 Å². The van der Waals surface area contributed by atoms with Crippen LogP contribution in [0.1, 0.15) is 4.44 Å². The maximum atomic E-state index is 10.3. The Balaban J connectivity index is 2.50. The molecule has 0 fully saturated rings. The summed E-state index contributed by atoms with van der Waals surface area (Å²) in [4.78, 5) is 12.4. The Morgan fingerprint density at radius 2 is 2.55 bits per heavy atom. The van der Waals surface area contributed by atoms with E-state index in [1.54, 1.807) is 0 Å². The molecule has 0 aliphatic rings. The molecule has 3 nitrogen and oxygen atoms in total. The Hall–Kier alpha value is -0.571. The van der Waals surface area contributed by atoms with Crippen molar-refractivity contribution in [1.82, 2.24) is 0 Å². The van der Waals surface area contributed by atoms with Crippen molar-refractivity contribution in [1.29, 1.82) is 0 Å². The van der Waals surface area contributed by atoms with Crippen molar-refractivity contribution in [2.24, 2.45) is 5.73 Å². The van der Waals surface area contributed by atoms with E-state index in [0.717, 1.165) is 4.44 Å². The summed E-state index contributed by atoms with van der Waals surface area (Å²) in [6.45, 7) is 0. The first kappa shape index (κ1) is 8.53. The molecule has 0 aliphatic carbocycles. The van der Waals surface area contributed by atoms with Crippen LogP contribution in [0.5, 0.6) is 0 Å². The first-order valence-corrected chi connectivity index (χ1v) is 5.05. The molecule has 0 spiro atoms. The minimum absolute atomic E-state index is 0.340. The van der Waals surface area contributed by atoms with E-state index >= 15 is 0 Å². The zero-order chi connectivity index (χ0) is 8.27. The molecule has 0 saturated heterocycles. The molecule has 0 amide bonds. The van der Waals surface area contributed by atoms with Crippen LogP contribution in [0.4, 0.5) is 0 Å². The maximum absolute atomic E-state index is 10.3. The molecule has 1 heterocycles. The molecule has 0 saturated carbocycles. The van der Waals surface area contributed by atoms with Gasteiger partial charge in [0, 0.05) is 0 Å². The van der Waals surface area contributed by atoms with E-state index in [4.69, 9.17) is 10.8 Å². The molecule has 0 unspecified atom stereocenters. The van der Waals surface area contributed by atoms with Crippen LogP contribution in [0.15, 0.2) is 17.1 Å². The zero-order valence-electron chi connectivity index (χ0n) is 5.86. The fraction of sp³-hybridized carbons (Fsp3) is 0.286. The summed E-state index contributed by atoms with van der Waals surface area (Å²) >= 11 is 0.340. The van der Waals surface area contributed by atoms with Gasteiger partial charge < -0.3 is 0 Å². The van der Waals surface area contributed by atoms with Gasteiger partial charge in [0.05, 0.1) is 0 Å². The van der Waals surface area contributed by atoms with E-state index < -0.39 is 12.0 Å². The molecule has 60 valence electrons. The summed E-state index contributed by atoms with van der Waals surface area (Å²) in [5.41, 5.74) is 5.34. The predicted molar refractivity (Wildman–Crippen MR) is 42.7 cm³/mol. The van der Waals surface area contributed by atoms with Crippen molar-refractivity contribution in [3.63, 3.8) is 0 Å². The van der Waals surface area contributed by atoms with Crippen molar-refractivity contribution in [2.45, 2.75) is 12.5 Å². The first-order valence-electron chi connectivity index (χ1n) is 3.21. The van der Waals surface area contributed by atoms with Gasteiger partial charge in [0.15, 0.2) is 0 Å². The van der Waals surface area contributed by atoms with E-state index in [0.29, 0.717) is 20.9 Å². The van der Waals surface area contributed by atoms with Crippen LogP contribution < -0.4 is 5.73 Å². The minimum atomic E-state index is -0.923. The second-order valence-electron chi connectivity index (χ2n) is 2.23. The van der Waals surface area contributed by atoms with Gasteiger partial charge in [0.1, 0.15) is 0 Å².